The van der Waals surface area contributed by atoms with Gasteiger partial charge in [0.1, 0.15) is 0 Å². The van der Waals surface area contributed by atoms with Crippen LogP contribution in [0.4, 0.5) is 0 Å². The van der Waals surface area contributed by atoms with Crippen LogP contribution < -0.4 is 5.32 Å². The molecule has 1 aromatic rings. The highest BCUT2D eigenvalue weighted by molar-refractivity contribution is 5.20. The van der Waals surface area contributed by atoms with E-state index in [9.17, 15) is 0 Å². The number of nitrogens with zero attached hydrogens (tertiary/aromatic N) is 2. The zero-order valence-electron chi connectivity index (χ0n) is 10.8. The topological polar surface area (TPSA) is 29.9 Å². The summed E-state index contributed by atoms with van der Waals surface area (Å²) in [7, 11) is 2.01. The summed E-state index contributed by atoms with van der Waals surface area (Å²) >= 11 is 0. The zero-order valence-corrected chi connectivity index (χ0v) is 10.8. The minimum atomic E-state index is 0.157. The van der Waals surface area contributed by atoms with Gasteiger partial charge < -0.3 is 5.32 Å². The molecular formula is C12H23N3. The molecule has 0 aliphatic carbocycles. The van der Waals surface area contributed by atoms with E-state index in [1.54, 1.807) is 0 Å². The molecule has 3 heteroatoms. The first-order valence-corrected chi connectivity index (χ1v) is 5.57. The molecule has 0 saturated carbocycles. The van der Waals surface area contributed by atoms with Crippen LogP contribution in [-0.2, 0) is 13.6 Å². The summed E-state index contributed by atoms with van der Waals surface area (Å²) in [5.41, 5.74) is 2.79. The van der Waals surface area contributed by atoms with E-state index in [0.29, 0.717) is 5.92 Å². The first-order valence-electron chi connectivity index (χ1n) is 5.57. The van der Waals surface area contributed by atoms with E-state index in [4.69, 9.17) is 0 Å². The molecule has 0 radical (unpaired) electrons. The van der Waals surface area contributed by atoms with Gasteiger partial charge in [-0.3, -0.25) is 4.68 Å². The van der Waals surface area contributed by atoms with Gasteiger partial charge in [-0.2, -0.15) is 5.10 Å². The monoisotopic (exact) mass is 209 g/mol. The van der Waals surface area contributed by atoms with Crippen LogP contribution in [0.15, 0.2) is 6.20 Å². The summed E-state index contributed by atoms with van der Waals surface area (Å²) in [6.07, 6.45) is 1.97. The Hall–Kier alpha value is -0.830. The van der Waals surface area contributed by atoms with Crippen LogP contribution in [0.2, 0.25) is 0 Å². The molecule has 15 heavy (non-hydrogen) atoms. The lowest BCUT2D eigenvalue weighted by molar-refractivity contribution is 0.422. The number of nitrogens with one attached hydrogen (secondary N) is 1. The molecule has 0 fully saturated rings. The van der Waals surface area contributed by atoms with Gasteiger partial charge in [0.15, 0.2) is 0 Å². The lowest BCUT2D eigenvalue weighted by Crippen LogP contribution is -2.35. The normalized spacial score (nSPS) is 12.5. The molecule has 0 aromatic carbocycles. The Morgan fingerprint density at radius 1 is 1.40 bits per heavy atom. The van der Waals surface area contributed by atoms with Gasteiger partial charge in [-0.25, -0.2) is 0 Å². The van der Waals surface area contributed by atoms with Gasteiger partial charge in [0.25, 0.3) is 0 Å². The third kappa shape index (κ3) is 3.34. The van der Waals surface area contributed by atoms with Gasteiger partial charge in [0.2, 0.25) is 0 Å². The van der Waals surface area contributed by atoms with Crippen LogP contribution in [0.5, 0.6) is 0 Å². The van der Waals surface area contributed by atoms with Crippen molar-refractivity contribution in [1.82, 2.24) is 15.1 Å². The summed E-state index contributed by atoms with van der Waals surface area (Å²) in [5, 5.41) is 7.81. The molecule has 0 saturated heterocycles. The van der Waals surface area contributed by atoms with Crippen LogP contribution in [0.25, 0.3) is 0 Å². The van der Waals surface area contributed by atoms with E-state index in [0.717, 1.165) is 6.54 Å². The van der Waals surface area contributed by atoms with Gasteiger partial charge in [-0.1, -0.05) is 13.8 Å². The zero-order chi connectivity index (χ0) is 11.6. The van der Waals surface area contributed by atoms with Crippen molar-refractivity contribution in [3.63, 3.8) is 0 Å². The summed E-state index contributed by atoms with van der Waals surface area (Å²) in [6.45, 7) is 11.8. The highest BCUT2D eigenvalue weighted by Crippen LogP contribution is 2.18. The minimum Gasteiger partial charge on any atom is -0.308 e. The number of hydrogen-bond donors (Lipinski definition) is 1. The Balaban J connectivity index is 2.78. The highest BCUT2D eigenvalue weighted by atomic mass is 15.3. The predicted molar refractivity (Wildman–Crippen MR) is 63.9 cm³/mol. The summed E-state index contributed by atoms with van der Waals surface area (Å²) in [5.74, 6) is 0.522. The second-order valence-electron chi connectivity index (χ2n) is 5.44. The van der Waals surface area contributed by atoms with Crippen LogP contribution in [0.3, 0.4) is 0 Å². The standard InChI is InChI=1S/C12H23N3/c1-9(2)11-10(8-14-15(11)6)7-13-12(3,4)5/h8-9,13H,7H2,1-6H3. The molecule has 0 unspecified atom stereocenters. The van der Waals surface area contributed by atoms with Crippen LogP contribution >= 0.6 is 0 Å². The van der Waals surface area contributed by atoms with Crippen molar-refractivity contribution in [2.24, 2.45) is 7.05 Å². The van der Waals surface area contributed by atoms with Gasteiger partial charge in [-0.15, -0.1) is 0 Å². The lowest BCUT2D eigenvalue weighted by Gasteiger charge is -2.21. The molecule has 1 heterocycles. The van der Waals surface area contributed by atoms with Crippen molar-refractivity contribution >= 4 is 0 Å². The number of rotatable bonds is 3. The molecule has 1 aromatic heterocycles. The van der Waals surface area contributed by atoms with Gasteiger partial charge in [-0.05, 0) is 26.7 Å². The maximum absolute atomic E-state index is 4.32. The molecule has 0 aliphatic heterocycles. The van der Waals surface area contributed by atoms with Gasteiger partial charge >= 0.3 is 0 Å². The van der Waals surface area contributed by atoms with Gasteiger partial charge in [0, 0.05) is 30.4 Å². The first kappa shape index (κ1) is 12.2. The third-order valence-electron chi connectivity index (χ3n) is 2.42. The summed E-state index contributed by atoms with van der Waals surface area (Å²) < 4.78 is 1.98. The highest BCUT2D eigenvalue weighted by Gasteiger charge is 2.14. The van der Waals surface area contributed by atoms with Crippen LogP contribution in [0.1, 0.15) is 51.8 Å². The second kappa shape index (κ2) is 4.35. The lowest BCUT2D eigenvalue weighted by atomic mass is 10.0. The Morgan fingerprint density at radius 3 is 2.47 bits per heavy atom. The first-order chi connectivity index (χ1) is 6.81. The van der Waals surface area contributed by atoms with Crippen molar-refractivity contribution < 1.29 is 0 Å². The van der Waals surface area contributed by atoms with Gasteiger partial charge in [0.05, 0.1) is 6.20 Å². The van der Waals surface area contributed by atoms with E-state index in [1.165, 1.54) is 11.3 Å². The molecule has 0 atom stereocenters. The molecule has 0 bridgehead atoms. The molecule has 3 nitrogen and oxygen atoms in total. The van der Waals surface area contributed by atoms with Crippen molar-refractivity contribution in [3.05, 3.63) is 17.5 Å². The van der Waals surface area contributed by atoms with Crippen LogP contribution in [-0.4, -0.2) is 15.3 Å². The molecule has 0 aliphatic rings. The summed E-state index contributed by atoms with van der Waals surface area (Å²) in [4.78, 5) is 0. The molecule has 0 amide bonds. The van der Waals surface area contributed by atoms with E-state index >= 15 is 0 Å². The molecule has 1 N–H and O–H groups in total. The second-order valence-corrected chi connectivity index (χ2v) is 5.44. The van der Waals surface area contributed by atoms with Crippen molar-refractivity contribution in [2.45, 2.75) is 52.6 Å². The Morgan fingerprint density at radius 2 is 2.00 bits per heavy atom. The van der Waals surface area contributed by atoms with Crippen molar-refractivity contribution in [2.75, 3.05) is 0 Å². The Labute approximate surface area is 92.9 Å². The van der Waals surface area contributed by atoms with E-state index in [1.807, 2.05) is 17.9 Å². The maximum atomic E-state index is 4.32. The number of aromatic nitrogens is 2. The largest absolute Gasteiger partial charge is 0.308 e. The Bertz CT molecular complexity index is 318. The molecule has 0 spiro atoms. The fraction of sp³-hybridized carbons (Fsp3) is 0.750. The fourth-order valence-corrected chi connectivity index (χ4v) is 1.73. The average Bonchev–Trinajstić information content (AvgIpc) is 2.42. The van der Waals surface area contributed by atoms with Crippen LogP contribution in [0, 0.1) is 0 Å². The minimum absolute atomic E-state index is 0.157. The van der Waals surface area contributed by atoms with E-state index in [-0.39, 0.29) is 5.54 Å². The van der Waals surface area contributed by atoms with E-state index in [2.05, 4.69) is 45.0 Å². The maximum Gasteiger partial charge on any atom is 0.0537 e. The quantitative estimate of drug-likeness (QED) is 0.828. The third-order valence-corrected chi connectivity index (χ3v) is 2.42. The Kier molecular flexibility index (Phi) is 3.55. The summed E-state index contributed by atoms with van der Waals surface area (Å²) in [6, 6.07) is 0. The number of aryl methyl sites for hydroxylation is 1. The van der Waals surface area contributed by atoms with E-state index < -0.39 is 0 Å². The van der Waals surface area contributed by atoms with Crippen molar-refractivity contribution in [3.8, 4) is 0 Å². The smallest absolute Gasteiger partial charge is 0.0537 e. The molecular weight excluding hydrogens is 186 g/mol. The van der Waals surface area contributed by atoms with Crippen molar-refractivity contribution in [1.29, 1.82) is 0 Å². The number of hydrogen-bond acceptors (Lipinski definition) is 2. The SMILES string of the molecule is CC(C)c1c(CNC(C)(C)C)cnn1C. The predicted octanol–water partition coefficient (Wildman–Crippen LogP) is 2.43. The average molecular weight is 209 g/mol. The molecule has 86 valence electrons. The fourth-order valence-electron chi connectivity index (χ4n) is 1.73. The molecule has 1 rings (SSSR count).